The molecule has 0 aromatic carbocycles. The van der Waals surface area contributed by atoms with E-state index in [9.17, 15) is 9.59 Å². The van der Waals surface area contributed by atoms with Crippen molar-refractivity contribution in [2.45, 2.75) is 32.4 Å². The number of nitrogens with one attached hydrogen (secondary N) is 1. The Kier molecular flexibility index (Phi) is 4.11. The van der Waals surface area contributed by atoms with Crippen LogP contribution in [0, 0.1) is 6.92 Å². The number of nitrogens with zero attached hydrogens (tertiary/aromatic N) is 3. The van der Waals surface area contributed by atoms with Crippen molar-refractivity contribution < 1.29 is 9.59 Å². The van der Waals surface area contributed by atoms with E-state index in [0.717, 1.165) is 22.3 Å². The van der Waals surface area contributed by atoms with Crippen molar-refractivity contribution in [2.75, 3.05) is 13.1 Å². The van der Waals surface area contributed by atoms with Crippen molar-refractivity contribution >= 4 is 33.4 Å². The largest absolute Gasteiger partial charge is 0.340 e. The fourth-order valence-electron chi connectivity index (χ4n) is 2.91. The average Bonchev–Trinajstić information content (AvgIpc) is 3.17. The molecule has 7 nitrogen and oxygen atoms in total. The lowest BCUT2D eigenvalue weighted by atomic mass is 10.2. The van der Waals surface area contributed by atoms with E-state index in [2.05, 4.69) is 10.4 Å². The van der Waals surface area contributed by atoms with Gasteiger partial charge in [-0.2, -0.15) is 5.10 Å². The molecule has 1 unspecified atom stereocenters. The Bertz CT molecular complexity index is 731. The molecular weight excluding hydrogens is 314 g/mol. The molecule has 0 aliphatic carbocycles. The second kappa shape index (κ2) is 5.93. The number of aryl methyl sites for hydroxylation is 2. The van der Waals surface area contributed by atoms with Crippen LogP contribution in [0.2, 0.25) is 0 Å². The average molecular weight is 335 g/mol. The highest BCUT2D eigenvalue weighted by molar-refractivity contribution is 7.20. The molecule has 1 aliphatic heterocycles. The first kappa shape index (κ1) is 15.9. The third-order valence-electron chi connectivity index (χ3n) is 4.17. The van der Waals surface area contributed by atoms with E-state index in [1.54, 1.807) is 16.5 Å². The zero-order valence-corrected chi connectivity index (χ0v) is 14.3. The number of carbonyl (C=O) groups is 2. The number of hydrogen-bond donors (Lipinski definition) is 2. The third kappa shape index (κ3) is 2.96. The number of nitrogens with two attached hydrogens (primary N) is 1. The van der Waals surface area contributed by atoms with Gasteiger partial charge in [0.2, 0.25) is 5.91 Å². The summed E-state index contributed by atoms with van der Waals surface area (Å²) < 4.78 is 1.77. The van der Waals surface area contributed by atoms with Gasteiger partial charge in [0.1, 0.15) is 10.9 Å². The summed E-state index contributed by atoms with van der Waals surface area (Å²) in [5.41, 5.74) is 6.72. The molecule has 2 amide bonds. The van der Waals surface area contributed by atoms with Gasteiger partial charge in [0, 0.05) is 31.6 Å². The Morgan fingerprint density at radius 1 is 1.52 bits per heavy atom. The van der Waals surface area contributed by atoms with Crippen molar-refractivity contribution in [3.8, 4) is 0 Å². The highest BCUT2D eigenvalue weighted by Gasteiger charge is 2.28. The van der Waals surface area contributed by atoms with Crippen LogP contribution in [0.1, 0.15) is 28.7 Å². The highest BCUT2D eigenvalue weighted by atomic mass is 32.1. The Balaban J connectivity index is 1.70. The van der Waals surface area contributed by atoms with Crippen LogP contribution in [0.25, 0.3) is 10.2 Å². The number of carbonyl (C=O) groups excluding carboxylic acids is 2. The summed E-state index contributed by atoms with van der Waals surface area (Å²) >= 11 is 1.38. The van der Waals surface area contributed by atoms with Crippen molar-refractivity contribution in [2.24, 2.45) is 12.8 Å². The molecule has 1 fully saturated rings. The van der Waals surface area contributed by atoms with Crippen molar-refractivity contribution in [3.05, 3.63) is 16.6 Å². The van der Waals surface area contributed by atoms with Gasteiger partial charge in [0.05, 0.1) is 10.6 Å². The number of likely N-dealkylation sites (tertiary alicyclic amines) is 1. The van der Waals surface area contributed by atoms with Crippen LogP contribution >= 0.6 is 11.3 Å². The minimum Gasteiger partial charge on any atom is -0.340 e. The zero-order chi connectivity index (χ0) is 16.7. The molecule has 0 radical (unpaired) electrons. The number of fused-ring (bicyclic) bond motifs is 1. The quantitative estimate of drug-likeness (QED) is 0.860. The van der Waals surface area contributed by atoms with Crippen LogP contribution in [-0.2, 0) is 11.8 Å². The summed E-state index contributed by atoms with van der Waals surface area (Å²) in [5.74, 6) is -0.305. The summed E-state index contributed by atoms with van der Waals surface area (Å²) in [4.78, 5) is 28.0. The van der Waals surface area contributed by atoms with Crippen LogP contribution in [0.5, 0.6) is 0 Å². The number of hydrogen-bond acceptors (Lipinski definition) is 5. The first-order valence-corrected chi connectivity index (χ1v) is 8.47. The molecule has 2 aromatic rings. The topological polar surface area (TPSA) is 93.2 Å². The summed E-state index contributed by atoms with van der Waals surface area (Å²) in [6.45, 7) is 4.85. The summed E-state index contributed by atoms with van der Waals surface area (Å²) in [5, 5.41) is 8.09. The molecule has 124 valence electrons. The smallest absolute Gasteiger partial charge is 0.262 e. The molecule has 1 saturated heterocycles. The van der Waals surface area contributed by atoms with Crippen LogP contribution in [0.4, 0.5) is 0 Å². The van der Waals surface area contributed by atoms with Gasteiger partial charge in [-0.05, 0) is 26.3 Å². The SMILES string of the molecule is Cc1nn(C)c2sc(C(=O)NC(C)C(=O)N3CC[C@@H](N)C3)cc12. The van der Waals surface area contributed by atoms with Crippen LogP contribution in [0.15, 0.2) is 6.07 Å². The van der Waals surface area contributed by atoms with Crippen molar-refractivity contribution in [3.63, 3.8) is 0 Å². The van der Waals surface area contributed by atoms with Crippen LogP contribution in [0.3, 0.4) is 0 Å². The molecule has 0 spiro atoms. The van der Waals surface area contributed by atoms with Gasteiger partial charge in [-0.15, -0.1) is 11.3 Å². The molecule has 0 bridgehead atoms. The molecule has 2 aromatic heterocycles. The van der Waals surface area contributed by atoms with E-state index >= 15 is 0 Å². The molecule has 0 saturated carbocycles. The predicted molar refractivity (Wildman–Crippen MR) is 89.4 cm³/mol. The van der Waals surface area contributed by atoms with Gasteiger partial charge >= 0.3 is 0 Å². The van der Waals surface area contributed by atoms with E-state index < -0.39 is 6.04 Å². The molecule has 3 heterocycles. The van der Waals surface area contributed by atoms with Gasteiger partial charge in [-0.3, -0.25) is 14.3 Å². The van der Waals surface area contributed by atoms with E-state index in [-0.39, 0.29) is 17.9 Å². The monoisotopic (exact) mass is 335 g/mol. The zero-order valence-electron chi connectivity index (χ0n) is 13.5. The van der Waals surface area contributed by atoms with Gasteiger partial charge < -0.3 is 16.0 Å². The minimum absolute atomic E-state index is 0.0416. The van der Waals surface area contributed by atoms with Crippen molar-refractivity contribution in [1.82, 2.24) is 20.0 Å². The fourth-order valence-corrected chi connectivity index (χ4v) is 3.93. The molecule has 3 rings (SSSR count). The maximum absolute atomic E-state index is 12.4. The summed E-state index contributed by atoms with van der Waals surface area (Å²) in [6, 6.07) is 1.32. The molecule has 2 atom stereocenters. The van der Waals surface area contributed by atoms with E-state index in [1.807, 2.05) is 20.0 Å². The number of aromatic nitrogens is 2. The van der Waals surface area contributed by atoms with E-state index in [0.29, 0.717) is 18.0 Å². The van der Waals surface area contributed by atoms with Gasteiger partial charge in [-0.25, -0.2) is 0 Å². The molecule has 1 aliphatic rings. The second-order valence-corrected chi connectivity index (χ2v) is 7.10. The van der Waals surface area contributed by atoms with Crippen molar-refractivity contribution in [1.29, 1.82) is 0 Å². The molecule has 3 N–H and O–H groups in total. The Labute approximate surface area is 138 Å². The van der Waals surface area contributed by atoms with Crippen LogP contribution in [-0.4, -0.2) is 51.7 Å². The predicted octanol–water partition coefficient (Wildman–Crippen LogP) is 0.621. The normalized spacial score (nSPS) is 19.3. The fraction of sp³-hybridized carbons (Fsp3) is 0.533. The molecule has 23 heavy (non-hydrogen) atoms. The summed E-state index contributed by atoms with van der Waals surface area (Å²) in [7, 11) is 1.86. The third-order valence-corrected chi connectivity index (χ3v) is 5.38. The number of rotatable bonds is 3. The van der Waals surface area contributed by atoms with Gasteiger partial charge in [-0.1, -0.05) is 0 Å². The lowest BCUT2D eigenvalue weighted by molar-refractivity contribution is -0.131. The number of thiophene rings is 1. The first-order valence-electron chi connectivity index (χ1n) is 7.65. The first-order chi connectivity index (χ1) is 10.9. The molecular formula is C15H21N5O2S. The number of amides is 2. The lowest BCUT2D eigenvalue weighted by Gasteiger charge is -2.21. The highest BCUT2D eigenvalue weighted by Crippen LogP contribution is 2.27. The Hall–Kier alpha value is -1.93. The van der Waals surface area contributed by atoms with E-state index in [4.69, 9.17) is 5.73 Å². The van der Waals surface area contributed by atoms with Crippen LogP contribution < -0.4 is 11.1 Å². The van der Waals surface area contributed by atoms with Gasteiger partial charge in [0.15, 0.2) is 0 Å². The minimum atomic E-state index is -0.558. The molecule has 8 heteroatoms. The van der Waals surface area contributed by atoms with Gasteiger partial charge in [0.25, 0.3) is 5.91 Å². The van der Waals surface area contributed by atoms with E-state index in [1.165, 1.54) is 11.3 Å². The standard InChI is InChI=1S/C15H21N5O2S/c1-8-11-6-12(23-15(11)19(3)18-8)13(21)17-9(2)14(22)20-5-4-10(16)7-20/h6,9-10H,4-5,7,16H2,1-3H3,(H,17,21)/t9?,10-/m1/s1. The maximum atomic E-state index is 12.4. The second-order valence-electron chi connectivity index (χ2n) is 6.07. The lowest BCUT2D eigenvalue weighted by Crippen LogP contribution is -2.46. The Morgan fingerprint density at radius 2 is 2.26 bits per heavy atom. The maximum Gasteiger partial charge on any atom is 0.262 e. The Morgan fingerprint density at radius 3 is 2.87 bits per heavy atom. The summed E-state index contributed by atoms with van der Waals surface area (Å²) in [6.07, 6.45) is 0.814.